The van der Waals surface area contributed by atoms with Crippen molar-refractivity contribution in [3.8, 4) is 0 Å². The Morgan fingerprint density at radius 1 is 1.11 bits per heavy atom. The minimum Gasteiger partial charge on any atom is -0.351 e. The van der Waals surface area contributed by atoms with Crippen molar-refractivity contribution in [1.29, 1.82) is 0 Å². The standard InChI is InChI=1S/C23H28N8O3S/c1-14(2)21-28-23(34-29-21)30-11-8-16(9-12-30)19-13-24-22-18(7-10-25-31(19)22)27-17-5-6-20(26-15(17)3)35(4,32)33/h5-7,10,13-14,16,27H,8-9,11-12H2,1-4H3. The Hall–Kier alpha value is -3.54. The number of hydrogen-bond acceptors (Lipinski definition) is 10. The number of sulfone groups is 1. The van der Waals surface area contributed by atoms with Crippen LogP contribution in [0.15, 0.2) is 40.1 Å². The molecular formula is C23H28N8O3S. The number of aromatic nitrogens is 6. The molecule has 0 atom stereocenters. The molecule has 5 heterocycles. The normalized spacial score (nSPS) is 15.3. The maximum Gasteiger partial charge on any atom is 0.324 e. The predicted octanol–water partition coefficient (Wildman–Crippen LogP) is 3.47. The first-order chi connectivity index (χ1) is 16.7. The molecule has 1 aliphatic rings. The summed E-state index contributed by atoms with van der Waals surface area (Å²) in [4.78, 5) is 15.5. The molecule has 4 aromatic rings. The number of imidazole rings is 1. The summed E-state index contributed by atoms with van der Waals surface area (Å²) in [6.07, 6.45) is 6.60. The summed E-state index contributed by atoms with van der Waals surface area (Å²) in [5.41, 5.74) is 3.83. The molecule has 35 heavy (non-hydrogen) atoms. The van der Waals surface area contributed by atoms with Gasteiger partial charge in [0, 0.05) is 31.2 Å². The van der Waals surface area contributed by atoms with Crippen LogP contribution in [0.25, 0.3) is 5.65 Å². The number of piperidine rings is 1. The van der Waals surface area contributed by atoms with Crippen LogP contribution in [-0.2, 0) is 9.84 Å². The van der Waals surface area contributed by atoms with Crippen LogP contribution >= 0.6 is 0 Å². The lowest BCUT2D eigenvalue weighted by molar-refractivity contribution is 0.385. The van der Waals surface area contributed by atoms with Crippen molar-refractivity contribution in [2.75, 3.05) is 29.6 Å². The van der Waals surface area contributed by atoms with Crippen LogP contribution < -0.4 is 10.2 Å². The van der Waals surface area contributed by atoms with Crippen LogP contribution in [0.1, 0.15) is 55.7 Å². The molecule has 12 heteroatoms. The fourth-order valence-electron chi connectivity index (χ4n) is 4.27. The van der Waals surface area contributed by atoms with Crippen molar-refractivity contribution in [2.45, 2.75) is 50.5 Å². The molecule has 1 saturated heterocycles. The van der Waals surface area contributed by atoms with Gasteiger partial charge in [0.15, 0.2) is 26.3 Å². The zero-order chi connectivity index (χ0) is 24.7. The average Bonchev–Trinajstić information content (AvgIpc) is 3.48. The largest absolute Gasteiger partial charge is 0.351 e. The lowest BCUT2D eigenvalue weighted by Crippen LogP contribution is -2.33. The molecule has 11 nitrogen and oxygen atoms in total. The van der Waals surface area contributed by atoms with Crippen molar-refractivity contribution in [3.63, 3.8) is 0 Å². The van der Waals surface area contributed by atoms with Gasteiger partial charge in [-0.05, 0) is 38.0 Å². The molecule has 0 bridgehead atoms. The van der Waals surface area contributed by atoms with E-state index >= 15 is 0 Å². The number of aryl methyl sites for hydroxylation is 1. The Balaban J connectivity index is 1.34. The molecule has 0 unspecified atom stereocenters. The van der Waals surface area contributed by atoms with E-state index in [2.05, 4.69) is 35.4 Å². The number of nitrogens with zero attached hydrogens (tertiary/aromatic N) is 7. The molecular weight excluding hydrogens is 468 g/mol. The molecule has 0 saturated carbocycles. The van der Waals surface area contributed by atoms with Crippen molar-refractivity contribution in [1.82, 2.24) is 29.7 Å². The minimum absolute atomic E-state index is 0.0517. The number of hydrogen-bond donors (Lipinski definition) is 1. The first-order valence-corrected chi connectivity index (χ1v) is 13.5. The van der Waals surface area contributed by atoms with Crippen LogP contribution in [0.2, 0.25) is 0 Å². The Labute approximate surface area is 203 Å². The summed E-state index contributed by atoms with van der Waals surface area (Å²) in [5.74, 6) is 1.26. The van der Waals surface area contributed by atoms with E-state index in [1.807, 2.05) is 30.6 Å². The van der Waals surface area contributed by atoms with E-state index in [-0.39, 0.29) is 10.9 Å². The number of nitrogens with one attached hydrogen (secondary N) is 1. The molecule has 1 fully saturated rings. The molecule has 0 aliphatic carbocycles. The summed E-state index contributed by atoms with van der Waals surface area (Å²) in [5, 5.41) is 12.0. The van der Waals surface area contributed by atoms with Gasteiger partial charge in [-0.15, -0.1) is 0 Å². The lowest BCUT2D eigenvalue weighted by atomic mass is 9.94. The summed E-state index contributed by atoms with van der Waals surface area (Å²) >= 11 is 0. The summed E-state index contributed by atoms with van der Waals surface area (Å²) in [6, 6.07) is 5.65. The fourth-order valence-corrected chi connectivity index (χ4v) is 4.88. The van der Waals surface area contributed by atoms with E-state index in [1.54, 1.807) is 19.2 Å². The minimum atomic E-state index is -3.37. The maximum absolute atomic E-state index is 11.8. The van der Waals surface area contributed by atoms with Crippen molar-refractivity contribution in [2.24, 2.45) is 0 Å². The summed E-state index contributed by atoms with van der Waals surface area (Å²) in [7, 11) is -3.37. The number of pyridine rings is 1. The van der Waals surface area contributed by atoms with E-state index in [1.165, 1.54) is 6.07 Å². The third-order valence-corrected chi connectivity index (χ3v) is 7.26. The van der Waals surface area contributed by atoms with Crippen molar-refractivity contribution < 1.29 is 12.9 Å². The lowest BCUT2D eigenvalue weighted by Gasteiger charge is -2.30. The van der Waals surface area contributed by atoms with Gasteiger partial charge in [0.25, 0.3) is 0 Å². The molecule has 0 aromatic carbocycles. The van der Waals surface area contributed by atoms with E-state index < -0.39 is 9.84 Å². The monoisotopic (exact) mass is 496 g/mol. The highest BCUT2D eigenvalue weighted by Crippen LogP contribution is 2.32. The van der Waals surface area contributed by atoms with Gasteiger partial charge in [-0.25, -0.2) is 22.9 Å². The number of anilines is 3. The van der Waals surface area contributed by atoms with Gasteiger partial charge < -0.3 is 14.7 Å². The molecule has 0 radical (unpaired) electrons. The maximum atomic E-state index is 11.8. The van der Waals surface area contributed by atoms with E-state index in [4.69, 9.17) is 4.52 Å². The van der Waals surface area contributed by atoms with Gasteiger partial charge in [-0.3, -0.25) is 0 Å². The van der Waals surface area contributed by atoms with E-state index in [9.17, 15) is 8.42 Å². The SMILES string of the molecule is Cc1nc(S(C)(=O)=O)ccc1Nc1ccnn2c(C3CCN(c4nc(C(C)C)no4)CC3)cnc12. The zero-order valence-corrected chi connectivity index (χ0v) is 20.9. The third kappa shape index (κ3) is 4.57. The first kappa shape index (κ1) is 23.2. The Morgan fingerprint density at radius 3 is 2.54 bits per heavy atom. The van der Waals surface area contributed by atoms with Gasteiger partial charge in [0.1, 0.15) is 0 Å². The first-order valence-electron chi connectivity index (χ1n) is 11.6. The topological polar surface area (TPSA) is 131 Å². The molecule has 5 rings (SSSR count). The quantitative estimate of drug-likeness (QED) is 0.423. The molecule has 1 N–H and O–H groups in total. The highest BCUT2D eigenvalue weighted by molar-refractivity contribution is 7.90. The van der Waals surface area contributed by atoms with E-state index in [0.29, 0.717) is 29.0 Å². The van der Waals surface area contributed by atoms with E-state index in [0.717, 1.165) is 49.4 Å². The summed E-state index contributed by atoms with van der Waals surface area (Å²) in [6.45, 7) is 7.49. The van der Waals surface area contributed by atoms with Gasteiger partial charge in [-0.1, -0.05) is 19.0 Å². The van der Waals surface area contributed by atoms with Crippen LogP contribution in [0.3, 0.4) is 0 Å². The second-order valence-corrected chi connectivity index (χ2v) is 11.2. The second-order valence-electron chi connectivity index (χ2n) is 9.19. The predicted molar refractivity (Wildman–Crippen MR) is 131 cm³/mol. The van der Waals surface area contributed by atoms with Crippen LogP contribution in [-0.4, -0.2) is 57.5 Å². The molecule has 184 valence electrons. The van der Waals surface area contributed by atoms with Gasteiger partial charge in [0.05, 0.1) is 35.2 Å². The van der Waals surface area contributed by atoms with Crippen LogP contribution in [0, 0.1) is 6.92 Å². The third-order valence-electron chi connectivity index (χ3n) is 6.27. The number of fused-ring (bicyclic) bond motifs is 1. The molecule has 4 aromatic heterocycles. The summed E-state index contributed by atoms with van der Waals surface area (Å²) < 4.78 is 30.9. The van der Waals surface area contributed by atoms with Gasteiger partial charge >= 0.3 is 6.01 Å². The molecule has 1 aliphatic heterocycles. The smallest absolute Gasteiger partial charge is 0.324 e. The highest BCUT2D eigenvalue weighted by Gasteiger charge is 2.27. The Bertz CT molecular complexity index is 1470. The second kappa shape index (κ2) is 8.91. The average molecular weight is 497 g/mol. The molecule has 0 amide bonds. The van der Waals surface area contributed by atoms with Crippen molar-refractivity contribution >= 4 is 32.9 Å². The van der Waals surface area contributed by atoms with Gasteiger partial charge in [-0.2, -0.15) is 10.1 Å². The number of rotatable bonds is 6. The van der Waals surface area contributed by atoms with Crippen LogP contribution in [0.4, 0.5) is 17.4 Å². The highest BCUT2D eigenvalue weighted by atomic mass is 32.2. The molecule has 0 spiro atoms. The van der Waals surface area contributed by atoms with Gasteiger partial charge in [0.2, 0.25) is 0 Å². The fraction of sp³-hybridized carbons (Fsp3) is 0.435. The van der Waals surface area contributed by atoms with Crippen LogP contribution in [0.5, 0.6) is 0 Å². The Kier molecular flexibility index (Phi) is 5.91. The van der Waals surface area contributed by atoms with Crippen molar-refractivity contribution in [3.05, 3.63) is 47.8 Å². The Morgan fingerprint density at radius 2 is 1.89 bits per heavy atom. The zero-order valence-electron chi connectivity index (χ0n) is 20.1.